The minimum atomic E-state index is -1.86. The molecule has 12 heteroatoms. The topological polar surface area (TPSA) is 143 Å². The summed E-state index contributed by atoms with van der Waals surface area (Å²) >= 11 is 1.57. The molecule has 0 saturated carbocycles. The molecule has 0 aliphatic rings. The lowest BCUT2D eigenvalue weighted by molar-refractivity contribution is -0.137. The van der Waals surface area contributed by atoms with Gasteiger partial charge in [0, 0.05) is 29.7 Å². The van der Waals surface area contributed by atoms with Crippen molar-refractivity contribution in [1.82, 2.24) is 9.97 Å². The standard InChI is InChI=1S/C22H24N5O5S2/c1-2-32-22(30)27-34(31)16-10-8-15(9-11-16)25-21-24-14-17(18-6-5-13-33-18)20(26-21)23-12-4-3-7-19(28)29/h5-6,8-11,13-14H,2-4,7,12H2,1H3,(H,28,29)(H2,23,24,25,26)/q-1. The molecule has 2 aromatic heterocycles. The summed E-state index contributed by atoms with van der Waals surface area (Å²) in [6.07, 6.45) is 2.25. The lowest BCUT2D eigenvalue weighted by atomic mass is 10.2. The van der Waals surface area contributed by atoms with Crippen molar-refractivity contribution in [3.63, 3.8) is 0 Å². The second-order valence-electron chi connectivity index (χ2n) is 6.90. The molecule has 3 aromatic rings. The molecule has 2 heterocycles. The molecule has 0 atom stereocenters. The normalized spacial score (nSPS) is 11.7. The number of carbonyl (C=O) groups is 2. The number of rotatable bonds is 11. The summed E-state index contributed by atoms with van der Waals surface area (Å²) in [6, 6.07) is 10.5. The SMILES string of the molecule is CCOC(=O)N=[S-](=O)c1ccc(Nc2ncc(-c3cccs3)c(NCCCCC(=O)O)n2)cc1. The zero-order valence-corrected chi connectivity index (χ0v) is 20.0. The summed E-state index contributed by atoms with van der Waals surface area (Å²) in [5, 5.41) is 17.1. The number of hydrogen-bond donors (Lipinski definition) is 3. The highest BCUT2D eigenvalue weighted by Crippen LogP contribution is 2.31. The zero-order chi connectivity index (χ0) is 24.3. The first-order valence-corrected chi connectivity index (χ1v) is 12.5. The number of aliphatic carboxylic acids is 1. The van der Waals surface area contributed by atoms with Crippen LogP contribution in [0.15, 0.2) is 57.2 Å². The summed E-state index contributed by atoms with van der Waals surface area (Å²) < 4.78 is 20.3. The number of nitrogens with zero attached hydrogens (tertiary/aromatic N) is 3. The maximum Gasteiger partial charge on any atom is 0.410 e. The highest BCUT2D eigenvalue weighted by molar-refractivity contribution is 7.75. The molecule has 0 fully saturated rings. The Kier molecular flexibility index (Phi) is 9.35. The number of hydrogen-bond acceptors (Lipinski definition) is 10. The van der Waals surface area contributed by atoms with Gasteiger partial charge in [-0.3, -0.25) is 9.16 Å². The lowest BCUT2D eigenvalue weighted by Gasteiger charge is -2.13. The van der Waals surface area contributed by atoms with E-state index >= 15 is 0 Å². The molecular weight excluding hydrogens is 478 g/mol. The van der Waals surface area contributed by atoms with Crippen LogP contribution >= 0.6 is 11.3 Å². The molecule has 1 aromatic carbocycles. The van der Waals surface area contributed by atoms with E-state index in [0.717, 1.165) is 10.4 Å². The van der Waals surface area contributed by atoms with Crippen LogP contribution in [0.25, 0.3) is 10.4 Å². The van der Waals surface area contributed by atoms with Gasteiger partial charge in [-0.2, -0.15) is 4.98 Å². The minimum Gasteiger partial charge on any atom is -0.481 e. The Hall–Kier alpha value is -3.51. The highest BCUT2D eigenvalue weighted by Gasteiger charge is 2.11. The third-order valence-electron chi connectivity index (χ3n) is 4.42. The summed E-state index contributed by atoms with van der Waals surface area (Å²) in [4.78, 5) is 32.4. The zero-order valence-electron chi connectivity index (χ0n) is 18.4. The van der Waals surface area contributed by atoms with Crippen LogP contribution in [0.5, 0.6) is 0 Å². The van der Waals surface area contributed by atoms with Gasteiger partial charge in [0.1, 0.15) is 5.82 Å². The molecule has 0 saturated heterocycles. The molecule has 1 amide bonds. The number of thiophene rings is 1. The predicted molar refractivity (Wildman–Crippen MR) is 131 cm³/mol. The Morgan fingerprint density at radius 2 is 2.00 bits per heavy atom. The van der Waals surface area contributed by atoms with Gasteiger partial charge in [0.2, 0.25) is 5.95 Å². The van der Waals surface area contributed by atoms with E-state index in [9.17, 15) is 13.8 Å². The van der Waals surface area contributed by atoms with Crippen molar-refractivity contribution in [2.45, 2.75) is 31.1 Å². The molecule has 0 spiro atoms. The molecule has 0 radical (unpaired) electrons. The third kappa shape index (κ3) is 7.52. The van der Waals surface area contributed by atoms with E-state index in [4.69, 9.17) is 5.11 Å². The molecule has 3 N–H and O–H groups in total. The molecule has 0 bridgehead atoms. The second-order valence-corrected chi connectivity index (χ2v) is 9.00. The van der Waals surface area contributed by atoms with Crippen molar-refractivity contribution in [2.24, 2.45) is 4.36 Å². The Labute approximate surface area is 202 Å². The first-order chi connectivity index (χ1) is 16.5. The minimum absolute atomic E-state index is 0.129. The predicted octanol–water partition coefficient (Wildman–Crippen LogP) is 5.28. The quantitative estimate of drug-likeness (QED) is 0.236. The Balaban J connectivity index is 1.72. The number of anilines is 3. The van der Waals surface area contributed by atoms with Gasteiger partial charge < -0.3 is 24.7 Å². The van der Waals surface area contributed by atoms with Gasteiger partial charge in [0.05, 0.1) is 12.2 Å². The Morgan fingerprint density at radius 3 is 2.68 bits per heavy atom. The van der Waals surface area contributed by atoms with Crippen molar-refractivity contribution >= 4 is 51.4 Å². The first kappa shape index (κ1) is 25.1. The summed E-state index contributed by atoms with van der Waals surface area (Å²) in [6.45, 7) is 2.38. The number of unbranched alkanes of at least 4 members (excludes halogenated alkanes) is 1. The number of amides is 1. The summed E-state index contributed by atoms with van der Waals surface area (Å²) in [5.41, 5.74) is 1.51. The number of benzene rings is 1. The second kappa shape index (κ2) is 12.7. The largest absolute Gasteiger partial charge is 0.481 e. The van der Waals surface area contributed by atoms with Gasteiger partial charge in [-0.1, -0.05) is 23.1 Å². The number of ether oxygens (including phenoxy) is 1. The van der Waals surface area contributed by atoms with E-state index in [1.807, 2.05) is 17.5 Å². The van der Waals surface area contributed by atoms with Crippen molar-refractivity contribution in [3.05, 3.63) is 48.0 Å². The van der Waals surface area contributed by atoms with Crippen LogP contribution in [0.1, 0.15) is 26.2 Å². The maximum absolute atomic E-state index is 12.1. The van der Waals surface area contributed by atoms with Gasteiger partial charge in [-0.25, -0.2) is 9.78 Å². The van der Waals surface area contributed by atoms with Crippen molar-refractivity contribution < 1.29 is 23.6 Å². The van der Waals surface area contributed by atoms with Crippen LogP contribution in [0.2, 0.25) is 0 Å². The molecule has 0 aliphatic heterocycles. The molecule has 10 nitrogen and oxygen atoms in total. The molecular formula is C22H24N5O5S2-. The number of nitrogens with one attached hydrogen (secondary N) is 2. The lowest BCUT2D eigenvalue weighted by Crippen LogP contribution is -2.08. The average molecular weight is 503 g/mol. The fourth-order valence-corrected chi connectivity index (χ4v) is 4.25. The van der Waals surface area contributed by atoms with Crippen LogP contribution in [-0.2, 0) is 24.3 Å². The van der Waals surface area contributed by atoms with E-state index in [-0.39, 0.29) is 13.0 Å². The van der Waals surface area contributed by atoms with Crippen LogP contribution in [0.4, 0.5) is 22.2 Å². The van der Waals surface area contributed by atoms with Crippen LogP contribution in [0.3, 0.4) is 0 Å². The third-order valence-corrected chi connectivity index (χ3v) is 6.32. The van der Waals surface area contributed by atoms with Gasteiger partial charge in [0.15, 0.2) is 0 Å². The van der Waals surface area contributed by atoms with Crippen LogP contribution < -0.4 is 10.6 Å². The number of carboxylic acids is 1. The van der Waals surface area contributed by atoms with Crippen LogP contribution in [-0.4, -0.2) is 40.3 Å². The van der Waals surface area contributed by atoms with E-state index in [1.54, 1.807) is 48.7 Å². The average Bonchev–Trinajstić information content (AvgIpc) is 3.34. The molecule has 0 aliphatic carbocycles. The number of carbonyl (C=O) groups excluding carboxylic acids is 1. The molecule has 34 heavy (non-hydrogen) atoms. The maximum atomic E-state index is 12.1. The molecule has 0 unspecified atom stereocenters. The fraction of sp³-hybridized carbons (Fsp3) is 0.273. The van der Waals surface area contributed by atoms with Crippen molar-refractivity contribution in [2.75, 3.05) is 23.8 Å². The van der Waals surface area contributed by atoms with Gasteiger partial charge in [-0.05, 0) is 43.3 Å². The summed E-state index contributed by atoms with van der Waals surface area (Å²) in [7, 11) is -1.86. The van der Waals surface area contributed by atoms with Crippen molar-refractivity contribution in [1.29, 1.82) is 0 Å². The Bertz CT molecular complexity index is 1190. The number of carboxylic acid groups (broad SMARTS) is 1. The van der Waals surface area contributed by atoms with E-state index in [2.05, 4.69) is 29.7 Å². The Morgan fingerprint density at radius 1 is 1.21 bits per heavy atom. The van der Waals surface area contributed by atoms with Gasteiger partial charge in [-0.15, -0.1) is 21.9 Å². The smallest absolute Gasteiger partial charge is 0.410 e. The molecule has 180 valence electrons. The van der Waals surface area contributed by atoms with E-state index < -0.39 is 22.7 Å². The van der Waals surface area contributed by atoms with Gasteiger partial charge in [0.25, 0.3) is 0 Å². The number of aromatic nitrogens is 2. The summed E-state index contributed by atoms with van der Waals surface area (Å²) in [5.74, 6) is 0.192. The van der Waals surface area contributed by atoms with E-state index in [1.165, 1.54) is 0 Å². The van der Waals surface area contributed by atoms with Crippen LogP contribution in [0, 0.1) is 0 Å². The first-order valence-electron chi connectivity index (χ1n) is 10.5. The molecule has 3 rings (SSSR count). The monoisotopic (exact) mass is 502 g/mol. The van der Waals surface area contributed by atoms with Crippen molar-refractivity contribution in [3.8, 4) is 10.4 Å². The van der Waals surface area contributed by atoms with E-state index in [0.29, 0.717) is 41.7 Å². The highest BCUT2D eigenvalue weighted by atomic mass is 32.2. The fourth-order valence-electron chi connectivity index (χ4n) is 2.85. The van der Waals surface area contributed by atoms with Gasteiger partial charge >= 0.3 is 12.1 Å².